The summed E-state index contributed by atoms with van der Waals surface area (Å²) in [5, 5.41) is 2.54. The molecule has 0 saturated carbocycles. The zero-order valence-electron chi connectivity index (χ0n) is 17.5. The van der Waals surface area contributed by atoms with Gasteiger partial charge in [0.15, 0.2) is 0 Å². The van der Waals surface area contributed by atoms with Crippen molar-refractivity contribution in [2.75, 3.05) is 20.6 Å². The lowest BCUT2D eigenvalue weighted by molar-refractivity contribution is -0.116. The van der Waals surface area contributed by atoms with E-state index < -0.39 is 37.8 Å². The predicted molar refractivity (Wildman–Crippen MR) is 121 cm³/mol. The van der Waals surface area contributed by atoms with Gasteiger partial charge in [-0.2, -0.15) is 0 Å². The number of anilines is 3. The molecule has 1 atom stereocenters. The highest BCUT2D eigenvalue weighted by Gasteiger charge is 2.29. The number of hydrogen-bond donors (Lipinski definition) is 2. The molecular formula is C20H20FN5O5S2. The number of nitrogens with zero attached hydrogens (tertiary/aromatic N) is 3. The van der Waals surface area contributed by atoms with Crippen LogP contribution in [0.3, 0.4) is 0 Å². The number of halogens is 1. The summed E-state index contributed by atoms with van der Waals surface area (Å²) in [6.07, 6.45) is 3.70. The Morgan fingerprint density at radius 1 is 0.970 bits per heavy atom. The molecule has 174 valence electrons. The lowest BCUT2D eigenvalue weighted by Crippen LogP contribution is -2.45. The average molecular weight is 494 g/mol. The molecule has 10 nitrogen and oxygen atoms in total. The molecular weight excluding hydrogens is 473 g/mol. The number of rotatable bonds is 8. The van der Waals surface area contributed by atoms with Crippen LogP contribution >= 0.6 is 0 Å². The van der Waals surface area contributed by atoms with Crippen LogP contribution in [-0.4, -0.2) is 45.0 Å². The van der Waals surface area contributed by atoms with Crippen molar-refractivity contribution in [1.29, 1.82) is 0 Å². The van der Waals surface area contributed by atoms with Crippen molar-refractivity contribution >= 4 is 43.3 Å². The van der Waals surface area contributed by atoms with Gasteiger partial charge in [0.05, 0.1) is 16.8 Å². The molecule has 0 aliphatic heterocycles. The van der Waals surface area contributed by atoms with Crippen molar-refractivity contribution < 1.29 is 26.0 Å². The molecule has 0 bridgehead atoms. The SMILES string of the molecule is C[C@@H](C(=O)Nc1ccc(S(=O)(=O)Nc2ncccn2)cc1)N(c1ccc(F)cc1)S(C)(=O)=O. The van der Waals surface area contributed by atoms with E-state index in [9.17, 15) is 26.0 Å². The van der Waals surface area contributed by atoms with E-state index in [-0.39, 0.29) is 22.2 Å². The summed E-state index contributed by atoms with van der Waals surface area (Å²) in [5.74, 6) is -1.31. The molecule has 0 radical (unpaired) electrons. The highest BCUT2D eigenvalue weighted by atomic mass is 32.2. The molecule has 1 amide bonds. The first-order valence-electron chi connectivity index (χ1n) is 9.43. The maximum absolute atomic E-state index is 13.2. The summed E-state index contributed by atoms with van der Waals surface area (Å²) in [4.78, 5) is 20.2. The third-order valence-electron chi connectivity index (χ3n) is 4.39. The average Bonchev–Trinajstić information content (AvgIpc) is 2.75. The standard InChI is InChI=1S/C20H20FN5O5S2/c1-14(26(32(2,28)29)17-8-4-15(21)5-9-17)19(27)24-16-6-10-18(11-7-16)33(30,31)25-20-22-12-3-13-23-20/h3-14H,1-2H3,(H,24,27)(H,22,23,25)/t14-/m0/s1. The van der Waals surface area contributed by atoms with Crippen molar-refractivity contribution in [3.05, 3.63) is 72.8 Å². The van der Waals surface area contributed by atoms with Gasteiger partial charge in [-0.1, -0.05) is 0 Å². The Hall–Kier alpha value is -3.58. The first-order valence-corrected chi connectivity index (χ1v) is 12.8. The van der Waals surface area contributed by atoms with Crippen LogP contribution in [0.2, 0.25) is 0 Å². The van der Waals surface area contributed by atoms with E-state index in [1.165, 1.54) is 61.8 Å². The van der Waals surface area contributed by atoms with Gasteiger partial charge >= 0.3 is 0 Å². The van der Waals surface area contributed by atoms with Gasteiger partial charge in [0.25, 0.3) is 10.0 Å². The van der Waals surface area contributed by atoms with E-state index in [4.69, 9.17) is 0 Å². The van der Waals surface area contributed by atoms with E-state index in [2.05, 4.69) is 20.0 Å². The fourth-order valence-electron chi connectivity index (χ4n) is 2.89. The van der Waals surface area contributed by atoms with Crippen molar-refractivity contribution in [2.45, 2.75) is 17.9 Å². The second kappa shape index (κ2) is 9.50. The van der Waals surface area contributed by atoms with Gasteiger partial charge in [0.2, 0.25) is 21.9 Å². The van der Waals surface area contributed by atoms with Gasteiger partial charge in [-0.25, -0.2) is 35.9 Å². The van der Waals surface area contributed by atoms with E-state index in [0.29, 0.717) is 0 Å². The second-order valence-electron chi connectivity index (χ2n) is 6.90. The van der Waals surface area contributed by atoms with E-state index in [1.54, 1.807) is 0 Å². The number of hydrogen-bond acceptors (Lipinski definition) is 7. The summed E-state index contributed by atoms with van der Waals surface area (Å²) in [5.41, 5.74) is 0.367. The fraction of sp³-hybridized carbons (Fsp3) is 0.150. The normalized spacial score (nSPS) is 12.6. The molecule has 3 aromatic rings. The maximum atomic E-state index is 13.2. The Labute approximate surface area is 190 Å². The Morgan fingerprint density at radius 3 is 2.09 bits per heavy atom. The van der Waals surface area contributed by atoms with Crippen molar-refractivity contribution in [3.8, 4) is 0 Å². The van der Waals surface area contributed by atoms with Crippen molar-refractivity contribution in [3.63, 3.8) is 0 Å². The number of nitrogens with one attached hydrogen (secondary N) is 2. The molecule has 0 unspecified atom stereocenters. The molecule has 1 heterocycles. The van der Waals surface area contributed by atoms with Gasteiger partial charge in [-0.3, -0.25) is 9.10 Å². The predicted octanol–water partition coefficient (Wildman–Crippen LogP) is 2.21. The molecule has 0 fully saturated rings. The summed E-state index contributed by atoms with van der Waals surface area (Å²) in [6, 6.07) is 10.3. The third-order valence-corrected chi connectivity index (χ3v) is 6.98. The Bertz CT molecular complexity index is 1330. The fourth-order valence-corrected chi connectivity index (χ4v) is 5.02. The van der Waals surface area contributed by atoms with Gasteiger partial charge in [0, 0.05) is 18.1 Å². The number of carbonyl (C=O) groups is 1. The number of amides is 1. The Balaban J connectivity index is 1.76. The molecule has 2 N–H and O–H groups in total. The topological polar surface area (TPSA) is 138 Å². The van der Waals surface area contributed by atoms with Crippen LogP contribution in [0, 0.1) is 5.82 Å². The second-order valence-corrected chi connectivity index (χ2v) is 10.4. The molecule has 0 spiro atoms. The minimum Gasteiger partial charge on any atom is -0.324 e. The minimum atomic E-state index is -3.95. The van der Waals surface area contributed by atoms with Crippen LogP contribution in [0.25, 0.3) is 0 Å². The lowest BCUT2D eigenvalue weighted by atomic mass is 10.2. The molecule has 0 saturated heterocycles. The molecule has 0 aliphatic carbocycles. The molecule has 2 aromatic carbocycles. The first-order chi connectivity index (χ1) is 15.5. The van der Waals surface area contributed by atoms with Gasteiger partial charge < -0.3 is 5.32 Å². The summed E-state index contributed by atoms with van der Waals surface area (Å²) in [7, 11) is -7.83. The van der Waals surface area contributed by atoms with Crippen LogP contribution in [0.4, 0.5) is 21.7 Å². The summed E-state index contributed by atoms with van der Waals surface area (Å²) < 4.78 is 65.8. The zero-order chi connectivity index (χ0) is 24.2. The van der Waals surface area contributed by atoms with Crippen LogP contribution in [-0.2, 0) is 24.8 Å². The number of aromatic nitrogens is 2. The molecule has 1 aromatic heterocycles. The largest absolute Gasteiger partial charge is 0.324 e. The quantitative estimate of drug-likeness (QED) is 0.491. The smallest absolute Gasteiger partial charge is 0.264 e. The monoisotopic (exact) mass is 493 g/mol. The van der Waals surface area contributed by atoms with Gasteiger partial charge in [-0.05, 0) is 61.5 Å². The first kappa shape index (κ1) is 24.1. The van der Waals surface area contributed by atoms with Crippen molar-refractivity contribution in [2.24, 2.45) is 0 Å². The van der Waals surface area contributed by atoms with E-state index in [0.717, 1.165) is 22.7 Å². The zero-order valence-corrected chi connectivity index (χ0v) is 19.1. The van der Waals surface area contributed by atoms with Crippen LogP contribution < -0.4 is 14.3 Å². The maximum Gasteiger partial charge on any atom is 0.264 e. The van der Waals surface area contributed by atoms with Crippen LogP contribution in [0.15, 0.2) is 71.9 Å². The lowest BCUT2D eigenvalue weighted by Gasteiger charge is -2.28. The molecule has 33 heavy (non-hydrogen) atoms. The van der Waals surface area contributed by atoms with Crippen molar-refractivity contribution in [1.82, 2.24) is 9.97 Å². The van der Waals surface area contributed by atoms with Crippen LogP contribution in [0.5, 0.6) is 0 Å². The molecule has 3 rings (SSSR count). The minimum absolute atomic E-state index is 0.0923. The molecule has 0 aliphatic rings. The van der Waals surface area contributed by atoms with E-state index >= 15 is 0 Å². The number of sulfonamides is 2. The number of benzene rings is 2. The number of carbonyl (C=O) groups excluding carboxylic acids is 1. The molecule has 13 heteroatoms. The highest BCUT2D eigenvalue weighted by molar-refractivity contribution is 7.92. The summed E-state index contributed by atoms with van der Waals surface area (Å²) >= 11 is 0. The van der Waals surface area contributed by atoms with Crippen LogP contribution in [0.1, 0.15) is 6.92 Å². The Morgan fingerprint density at radius 2 is 1.55 bits per heavy atom. The third kappa shape index (κ3) is 6.02. The van der Waals surface area contributed by atoms with E-state index in [1.807, 2.05) is 0 Å². The van der Waals surface area contributed by atoms with Gasteiger partial charge in [0.1, 0.15) is 11.9 Å². The highest BCUT2D eigenvalue weighted by Crippen LogP contribution is 2.22. The Kier molecular flexibility index (Phi) is 6.93. The van der Waals surface area contributed by atoms with Gasteiger partial charge in [-0.15, -0.1) is 0 Å². The summed E-state index contributed by atoms with van der Waals surface area (Å²) in [6.45, 7) is 1.38.